The Labute approximate surface area is 119 Å². The monoisotopic (exact) mass is 296 g/mol. The highest BCUT2D eigenvalue weighted by Gasteiger charge is 2.12. The van der Waals surface area contributed by atoms with Crippen molar-refractivity contribution < 1.29 is 10.0 Å². The molecule has 0 spiro atoms. The van der Waals surface area contributed by atoms with Crippen molar-refractivity contribution in [1.82, 2.24) is 5.48 Å². The molecule has 0 atom stereocenters. The van der Waals surface area contributed by atoms with Gasteiger partial charge < -0.3 is 5.32 Å². The molecule has 3 N–H and O–H groups in total. The van der Waals surface area contributed by atoms with Crippen LogP contribution in [0.25, 0.3) is 0 Å². The van der Waals surface area contributed by atoms with Gasteiger partial charge in [0.1, 0.15) is 0 Å². The molecule has 0 radical (unpaired) electrons. The van der Waals surface area contributed by atoms with Gasteiger partial charge in [-0.05, 0) is 24.3 Å². The summed E-state index contributed by atoms with van der Waals surface area (Å²) in [6.07, 6.45) is 0. The van der Waals surface area contributed by atoms with Crippen LogP contribution < -0.4 is 10.8 Å². The van der Waals surface area contributed by atoms with Crippen LogP contribution in [0, 0.1) is 0 Å². The summed E-state index contributed by atoms with van der Waals surface area (Å²) in [7, 11) is 0. The van der Waals surface area contributed by atoms with Crippen molar-refractivity contribution in [2.75, 3.05) is 5.32 Å². The minimum atomic E-state index is -0.619. The smallest absolute Gasteiger partial charge is 0.276 e. The fourth-order valence-electron chi connectivity index (χ4n) is 1.60. The van der Waals surface area contributed by atoms with Gasteiger partial charge in [-0.1, -0.05) is 41.4 Å². The SMILES string of the molecule is O=C(NO)c1ccccc1Nc1c(Cl)cccc1Cl. The molecule has 98 valence electrons. The van der Waals surface area contributed by atoms with Gasteiger partial charge in [0.05, 0.1) is 27.0 Å². The van der Waals surface area contributed by atoms with E-state index in [0.29, 0.717) is 21.4 Å². The molecule has 19 heavy (non-hydrogen) atoms. The molecule has 0 saturated carbocycles. The van der Waals surface area contributed by atoms with Gasteiger partial charge in [0, 0.05) is 0 Å². The number of halogens is 2. The Morgan fingerprint density at radius 1 is 1.00 bits per heavy atom. The predicted octanol–water partition coefficient (Wildman–Crippen LogP) is 3.86. The van der Waals surface area contributed by atoms with E-state index >= 15 is 0 Å². The second-order valence-electron chi connectivity index (χ2n) is 3.71. The van der Waals surface area contributed by atoms with Crippen molar-refractivity contribution in [3.05, 3.63) is 58.1 Å². The Kier molecular flexibility index (Phi) is 4.27. The predicted molar refractivity (Wildman–Crippen MR) is 75.4 cm³/mol. The van der Waals surface area contributed by atoms with Gasteiger partial charge >= 0.3 is 0 Å². The third kappa shape index (κ3) is 2.98. The van der Waals surface area contributed by atoms with Crippen LogP contribution in [0.4, 0.5) is 11.4 Å². The fourth-order valence-corrected chi connectivity index (χ4v) is 2.09. The number of carbonyl (C=O) groups excluding carboxylic acids is 1. The van der Waals surface area contributed by atoms with Crippen molar-refractivity contribution in [3.8, 4) is 0 Å². The zero-order valence-corrected chi connectivity index (χ0v) is 11.2. The minimum Gasteiger partial charge on any atom is -0.352 e. The Balaban J connectivity index is 2.42. The van der Waals surface area contributed by atoms with Gasteiger partial charge in [0.2, 0.25) is 0 Å². The lowest BCUT2D eigenvalue weighted by Crippen LogP contribution is -2.19. The Bertz CT molecular complexity index is 597. The van der Waals surface area contributed by atoms with Gasteiger partial charge in [-0.2, -0.15) is 0 Å². The van der Waals surface area contributed by atoms with Crippen LogP contribution in [-0.2, 0) is 0 Å². The molecule has 6 heteroatoms. The third-order valence-electron chi connectivity index (χ3n) is 2.50. The molecule has 2 aromatic carbocycles. The summed E-state index contributed by atoms with van der Waals surface area (Å²) in [6.45, 7) is 0. The molecule has 0 saturated heterocycles. The number of carbonyl (C=O) groups is 1. The zero-order chi connectivity index (χ0) is 13.8. The van der Waals surface area contributed by atoms with Crippen molar-refractivity contribution in [1.29, 1.82) is 0 Å². The van der Waals surface area contributed by atoms with Crippen LogP contribution in [0.3, 0.4) is 0 Å². The first-order valence-electron chi connectivity index (χ1n) is 5.38. The van der Waals surface area contributed by atoms with Crippen LogP contribution in [0.15, 0.2) is 42.5 Å². The fraction of sp³-hybridized carbons (Fsp3) is 0. The van der Waals surface area contributed by atoms with E-state index in [1.165, 1.54) is 0 Å². The van der Waals surface area contributed by atoms with Crippen molar-refractivity contribution in [2.24, 2.45) is 0 Å². The Hall–Kier alpha value is -1.75. The summed E-state index contributed by atoms with van der Waals surface area (Å²) in [4.78, 5) is 11.5. The summed E-state index contributed by atoms with van der Waals surface area (Å²) >= 11 is 12.1. The largest absolute Gasteiger partial charge is 0.352 e. The molecule has 0 aliphatic rings. The highest BCUT2D eigenvalue weighted by molar-refractivity contribution is 6.39. The first kappa shape index (κ1) is 13.7. The number of benzene rings is 2. The molecule has 0 fully saturated rings. The van der Waals surface area contributed by atoms with Gasteiger partial charge in [0.25, 0.3) is 5.91 Å². The maximum Gasteiger partial charge on any atom is 0.276 e. The van der Waals surface area contributed by atoms with E-state index in [2.05, 4.69) is 5.32 Å². The van der Waals surface area contributed by atoms with Crippen molar-refractivity contribution in [2.45, 2.75) is 0 Å². The minimum absolute atomic E-state index is 0.279. The van der Waals surface area contributed by atoms with Crippen LogP contribution in [-0.4, -0.2) is 11.1 Å². The molecule has 2 rings (SSSR count). The normalized spacial score (nSPS) is 10.1. The Morgan fingerprint density at radius 2 is 1.63 bits per heavy atom. The van der Waals surface area contributed by atoms with Gasteiger partial charge in [0.15, 0.2) is 0 Å². The van der Waals surface area contributed by atoms with Crippen molar-refractivity contribution in [3.63, 3.8) is 0 Å². The Morgan fingerprint density at radius 3 is 2.26 bits per heavy atom. The summed E-state index contributed by atoms with van der Waals surface area (Å²) in [5, 5.41) is 12.6. The highest BCUT2D eigenvalue weighted by atomic mass is 35.5. The molecule has 0 unspecified atom stereocenters. The second-order valence-corrected chi connectivity index (χ2v) is 4.52. The molecule has 4 nitrogen and oxygen atoms in total. The average Bonchev–Trinajstić information content (AvgIpc) is 2.42. The topological polar surface area (TPSA) is 61.4 Å². The van der Waals surface area contributed by atoms with E-state index in [1.807, 2.05) is 0 Å². The maximum absolute atomic E-state index is 11.5. The number of hydrogen-bond donors (Lipinski definition) is 3. The van der Waals surface area contributed by atoms with E-state index in [1.54, 1.807) is 47.9 Å². The molecular formula is C13H10Cl2N2O2. The summed E-state index contributed by atoms with van der Waals surface area (Å²) in [6, 6.07) is 11.8. The van der Waals surface area contributed by atoms with Crippen LogP contribution in [0.2, 0.25) is 10.0 Å². The summed E-state index contributed by atoms with van der Waals surface area (Å²) in [5.41, 5.74) is 2.86. The molecule has 0 bridgehead atoms. The lowest BCUT2D eigenvalue weighted by atomic mass is 10.1. The number of para-hydroxylation sites is 2. The van der Waals surface area contributed by atoms with Gasteiger partial charge in [-0.15, -0.1) is 0 Å². The van der Waals surface area contributed by atoms with E-state index < -0.39 is 5.91 Å². The van der Waals surface area contributed by atoms with Crippen LogP contribution >= 0.6 is 23.2 Å². The number of rotatable bonds is 3. The highest BCUT2D eigenvalue weighted by Crippen LogP contribution is 2.33. The molecule has 0 heterocycles. The van der Waals surface area contributed by atoms with Crippen LogP contribution in [0.1, 0.15) is 10.4 Å². The molecule has 0 aliphatic heterocycles. The summed E-state index contributed by atoms with van der Waals surface area (Å²) < 4.78 is 0. The lowest BCUT2D eigenvalue weighted by molar-refractivity contribution is 0.0707. The molecule has 0 aromatic heterocycles. The molecule has 2 aromatic rings. The number of hydrogen-bond acceptors (Lipinski definition) is 3. The first-order valence-corrected chi connectivity index (χ1v) is 6.13. The van der Waals surface area contributed by atoms with Crippen LogP contribution in [0.5, 0.6) is 0 Å². The zero-order valence-electron chi connectivity index (χ0n) is 9.65. The molecule has 0 aliphatic carbocycles. The standard InChI is InChI=1S/C13H10Cl2N2O2/c14-9-5-3-6-10(15)12(9)16-11-7-2-1-4-8(11)13(18)17-19/h1-7,16,19H,(H,17,18). The molecule has 1 amide bonds. The second kappa shape index (κ2) is 5.93. The van der Waals surface area contributed by atoms with Gasteiger partial charge in [-0.3, -0.25) is 10.0 Å². The number of nitrogens with one attached hydrogen (secondary N) is 2. The van der Waals surface area contributed by atoms with Gasteiger partial charge in [-0.25, -0.2) is 5.48 Å². The van der Waals surface area contributed by atoms with E-state index in [-0.39, 0.29) is 5.56 Å². The van der Waals surface area contributed by atoms with Crippen molar-refractivity contribution >= 4 is 40.5 Å². The average molecular weight is 297 g/mol. The quantitative estimate of drug-likeness (QED) is 0.595. The number of hydroxylamine groups is 1. The lowest BCUT2D eigenvalue weighted by Gasteiger charge is -2.13. The first-order chi connectivity index (χ1) is 9.13. The molecular weight excluding hydrogens is 287 g/mol. The number of anilines is 2. The number of amides is 1. The van der Waals surface area contributed by atoms with E-state index in [0.717, 1.165) is 0 Å². The third-order valence-corrected chi connectivity index (χ3v) is 3.13. The maximum atomic E-state index is 11.5. The summed E-state index contributed by atoms with van der Waals surface area (Å²) in [5.74, 6) is -0.619. The van der Waals surface area contributed by atoms with E-state index in [4.69, 9.17) is 28.4 Å². The van der Waals surface area contributed by atoms with E-state index in [9.17, 15) is 4.79 Å².